The average Bonchev–Trinajstić information content (AvgIpc) is 3.70. The lowest BCUT2D eigenvalue weighted by Crippen LogP contribution is -2.56. The summed E-state index contributed by atoms with van der Waals surface area (Å²) in [5, 5.41) is 0.899. The van der Waals surface area contributed by atoms with E-state index in [1.165, 1.54) is 11.3 Å². The molecule has 9 rings (SSSR count). The van der Waals surface area contributed by atoms with Crippen LogP contribution in [0.2, 0.25) is 0 Å². The molecule has 2 heterocycles. The van der Waals surface area contributed by atoms with Gasteiger partial charge in [0.2, 0.25) is 0 Å². The second kappa shape index (κ2) is 15.5. The van der Waals surface area contributed by atoms with E-state index in [4.69, 9.17) is 101 Å². The first-order chi connectivity index (χ1) is 28.8. The van der Waals surface area contributed by atoms with Crippen LogP contribution in [0.25, 0.3) is 87.7 Å². The van der Waals surface area contributed by atoms with E-state index in [0.29, 0.717) is 37.4 Å². The second-order valence-corrected chi connectivity index (χ2v) is 15.4. The molecule has 60 heavy (non-hydrogen) atoms. The van der Waals surface area contributed by atoms with Gasteiger partial charge in [-0.3, -0.25) is 0 Å². The fourth-order valence-corrected chi connectivity index (χ4v) is 8.90. The van der Waals surface area contributed by atoms with Crippen molar-refractivity contribution in [2.45, 2.75) is 0 Å². The molecule has 0 aliphatic heterocycles. The van der Waals surface area contributed by atoms with Crippen molar-refractivity contribution >= 4 is 178 Å². The van der Waals surface area contributed by atoms with Crippen LogP contribution in [0.5, 0.6) is 0 Å². The first-order valence-electron chi connectivity index (χ1n) is 18.6. The lowest BCUT2D eigenvalue weighted by molar-refractivity contribution is 1.08. The summed E-state index contributed by atoms with van der Waals surface area (Å²) in [5.74, 6) is 1.02. The number of thiophene rings is 1. The van der Waals surface area contributed by atoms with Gasteiger partial charge in [-0.25, -0.2) is 15.0 Å². The summed E-state index contributed by atoms with van der Waals surface area (Å²) in [6.07, 6.45) is 0. The molecular weight excluding hydrogens is 734 g/mol. The summed E-state index contributed by atoms with van der Waals surface area (Å²) < 4.78 is 1.04. The molecule has 0 spiro atoms. The quantitative estimate of drug-likeness (QED) is 0.205. The van der Waals surface area contributed by atoms with Gasteiger partial charge in [0.05, 0.1) is 0 Å². The number of rotatable bonds is 6. The normalized spacial score (nSPS) is 11.4. The van der Waals surface area contributed by atoms with Crippen molar-refractivity contribution in [1.29, 1.82) is 0 Å². The van der Waals surface area contributed by atoms with Gasteiger partial charge in [0.15, 0.2) is 17.5 Å². The zero-order valence-corrected chi connectivity index (χ0v) is 32.8. The molecular formula is C45H18B11N3S. The molecule has 22 radical (unpaired) electrons. The predicted octanol–water partition coefficient (Wildman–Crippen LogP) is -1.03. The zero-order chi connectivity index (χ0) is 42.1. The molecule has 0 bridgehead atoms. The van der Waals surface area contributed by atoms with E-state index in [0.717, 1.165) is 33.4 Å². The Bertz CT molecular complexity index is 3060. The highest BCUT2D eigenvalue weighted by Gasteiger charge is 2.25. The van der Waals surface area contributed by atoms with Gasteiger partial charge in [-0.15, -0.1) is 27.7 Å². The van der Waals surface area contributed by atoms with Crippen LogP contribution < -0.4 is 60.1 Å². The molecule has 0 N–H and O–H groups in total. The molecule has 0 saturated carbocycles. The molecule has 15 heteroatoms. The maximum Gasteiger partial charge on any atom is 0.164 e. The molecule has 252 valence electrons. The fraction of sp³-hybridized carbons (Fsp3) is 0. The highest BCUT2D eigenvalue weighted by molar-refractivity contribution is 7.28. The monoisotopic (exact) mass is 753 g/mol. The minimum atomic E-state index is 0.0253. The van der Waals surface area contributed by atoms with Gasteiger partial charge in [-0.05, 0) is 44.2 Å². The molecule has 2 aromatic heterocycles. The van der Waals surface area contributed by atoms with Crippen molar-refractivity contribution in [3.8, 4) is 67.5 Å². The number of nitrogens with zero attached hydrogens (tertiary/aromatic N) is 3. The van der Waals surface area contributed by atoms with E-state index < -0.39 is 0 Å². The van der Waals surface area contributed by atoms with Crippen LogP contribution in [0.1, 0.15) is 0 Å². The minimum Gasteiger partial charge on any atom is -0.208 e. The Morgan fingerprint density at radius 1 is 0.267 bits per heavy atom. The molecule has 0 atom stereocenters. The van der Waals surface area contributed by atoms with Crippen molar-refractivity contribution in [2.75, 3.05) is 0 Å². The first-order valence-corrected chi connectivity index (χ1v) is 19.5. The predicted molar refractivity (Wildman–Crippen MR) is 265 cm³/mol. The van der Waals surface area contributed by atoms with Crippen molar-refractivity contribution in [2.24, 2.45) is 0 Å². The van der Waals surface area contributed by atoms with Crippen LogP contribution in [-0.2, 0) is 0 Å². The Morgan fingerprint density at radius 3 is 1.08 bits per heavy atom. The fourth-order valence-electron chi connectivity index (χ4n) is 7.64. The number of hydrogen-bond acceptors (Lipinski definition) is 4. The maximum atomic E-state index is 7.10. The Balaban J connectivity index is 1.26. The summed E-state index contributed by atoms with van der Waals surface area (Å²) in [4.78, 5) is 14.9. The van der Waals surface area contributed by atoms with Crippen LogP contribution in [0, 0.1) is 0 Å². The largest absolute Gasteiger partial charge is 0.208 e. The Kier molecular flexibility index (Phi) is 10.3. The summed E-state index contributed by atoms with van der Waals surface area (Å²) in [6.45, 7) is 0. The molecule has 0 amide bonds. The Labute approximate surface area is 367 Å². The van der Waals surface area contributed by atoms with E-state index in [1.807, 2.05) is 84.9 Å². The van der Waals surface area contributed by atoms with E-state index in [9.17, 15) is 0 Å². The summed E-state index contributed by atoms with van der Waals surface area (Å²) in [6, 6.07) is 36.1. The van der Waals surface area contributed by atoms with Crippen molar-refractivity contribution in [3.63, 3.8) is 0 Å². The molecule has 0 fully saturated rings. The molecule has 0 saturated heterocycles. The molecule has 0 aliphatic rings. The molecule has 7 aromatic carbocycles. The van der Waals surface area contributed by atoms with Crippen LogP contribution in [0.15, 0.2) is 109 Å². The van der Waals surface area contributed by atoms with E-state index >= 15 is 0 Å². The van der Waals surface area contributed by atoms with Crippen LogP contribution in [0.4, 0.5) is 0 Å². The molecule has 0 unspecified atom stereocenters. The minimum absolute atomic E-state index is 0.0253. The third-order valence-electron chi connectivity index (χ3n) is 10.9. The summed E-state index contributed by atoms with van der Waals surface area (Å²) in [5.41, 5.74) is 7.61. The first kappa shape index (κ1) is 39.9. The van der Waals surface area contributed by atoms with Gasteiger partial charge in [-0.2, -0.15) is 0 Å². The standard InChI is InChI=1S/C45H18B11N3S/c46-30-25(26-31(47)37(53)39(55)38(54)32(26)48)33(49)40(56)42-27(30)28-34(50)35(51)29(36(52)41(28)60-42)45-58-43(23-15-11-21(12-16-23)19-7-3-1-4-8-19)57-44(59-45)24-17-13-22(14-18-24)20-9-5-2-6-10-20/h1-18H. The van der Waals surface area contributed by atoms with Gasteiger partial charge < -0.3 is 0 Å². The third kappa shape index (κ3) is 6.48. The van der Waals surface area contributed by atoms with Gasteiger partial charge >= 0.3 is 0 Å². The van der Waals surface area contributed by atoms with Crippen molar-refractivity contribution in [1.82, 2.24) is 15.0 Å². The van der Waals surface area contributed by atoms with Gasteiger partial charge in [0.1, 0.15) is 86.3 Å². The van der Waals surface area contributed by atoms with Crippen LogP contribution in [0.3, 0.4) is 0 Å². The Hall–Kier alpha value is -5.52. The molecule has 9 aromatic rings. The second-order valence-electron chi connectivity index (χ2n) is 14.4. The van der Waals surface area contributed by atoms with Gasteiger partial charge in [0.25, 0.3) is 0 Å². The highest BCUT2D eigenvalue weighted by Crippen LogP contribution is 2.33. The van der Waals surface area contributed by atoms with E-state index in [-0.39, 0.29) is 77.0 Å². The smallest absolute Gasteiger partial charge is 0.164 e. The average molecular weight is 752 g/mol. The SMILES string of the molecule is [B]c1c([B])c([B])c(-c2c([B])c([B])c3sc4c([B])c(-c5nc(-c6ccc(-c7ccccc7)cc6)nc(-c6ccc(-c7ccccc7)cc6)n5)c([B])c([B])c4c3c2[B])c([B])c1[B]. The Morgan fingerprint density at radius 2 is 0.600 bits per heavy atom. The van der Waals surface area contributed by atoms with Crippen LogP contribution in [-0.4, -0.2) is 101 Å². The number of benzene rings is 7. The highest BCUT2D eigenvalue weighted by atomic mass is 32.1. The van der Waals surface area contributed by atoms with E-state index in [1.54, 1.807) is 0 Å². The lowest BCUT2D eigenvalue weighted by Gasteiger charge is -2.26. The van der Waals surface area contributed by atoms with Crippen LogP contribution >= 0.6 is 11.3 Å². The lowest BCUT2D eigenvalue weighted by atomic mass is 9.57. The van der Waals surface area contributed by atoms with Gasteiger partial charge in [-0.1, -0.05) is 153 Å². The maximum absolute atomic E-state index is 7.10. The molecule has 0 aliphatic carbocycles. The van der Waals surface area contributed by atoms with Gasteiger partial charge in [0, 0.05) is 26.1 Å². The third-order valence-corrected chi connectivity index (χ3v) is 12.2. The number of fused-ring (bicyclic) bond motifs is 3. The molecule has 3 nitrogen and oxygen atoms in total. The topological polar surface area (TPSA) is 38.7 Å². The number of aromatic nitrogens is 3. The summed E-state index contributed by atoms with van der Waals surface area (Å²) >= 11 is 1.25. The summed E-state index contributed by atoms with van der Waals surface area (Å²) in [7, 11) is 73.0. The zero-order valence-electron chi connectivity index (χ0n) is 32.0. The van der Waals surface area contributed by atoms with E-state index in [2.05, 4.69) is 24.3 Å². The van der Waals surface area contributed by atoms with Crippen molar-refractivity contribution < 1.29 is 0 Å². The van der Waals surface area contributed by atoms with Crippen molar-refractivity contribution in [3.05, 3.63) is 109 Å². The number of hydrogen-bond donors (Lipinski definition) is 0.